The molecule has 0 aromatic heterocycles. The number of ether oxygens (including phenoxy) is 6. The Kier molecular flexibility index (Phi) is 59.5. The molecule has 3 fully saturated rings. The lowest BCUT2D eigenvalue weighted by molar-refractivity contribution is -0.379. The first-order valence-electron chi connectivity index (χ1n) is 42.4. The van der Waals surface area contributed by atoms with Crippen molar-refractivity contribution in [1.29, 1.82) is 0 Å². The van der Waals surface area contributed by atoms with Crippen LogP contribution >= 0.6 is 0 Å². The summed E-state index contributed by atoms with van der Waals surface area (Å²) >= 11 is 0. The molecule has 604 valence electrons. The topological polar surface area (TPSA) is 307 Å². The Balaban J connectivity index is 1.30. The van der Waals surface area contributed by atoms with E-state index in [1.54, 1.807) is 6.08 Å². The van der Waals surface area contributed by atoms with Crippen LogP contribution in [0.4, 0.5) is 0 Å². The molecule has 17 unspecified atom stereocenters. The summed E-state index contributed by atoms with van der Waals surface area (Å²) in [5, 5.41) is 121. The number of hydrogen-bond acceptors (Lipinski definition) is 18. The van der Waals surface area contributed by atoms with Gasteiger partial charge >= 0.3 is 0 Å². The average Bonchev–Trinajstić information content (AvgIpc) is 0.781. The minimum Gasteiger partial charge on any atom is -0.394 e. The van der Waals surface area contributed by atoms with Gasteiger partial charge < -0.3 is 89.9 Å². The van der Waals surface area contributed by atoms with Gasteiger partial charge in [0.25, 0.3) is 0 Å². The fourth-order valence-corrected chi connectivity index (χ4v) is 14.3. The molecule has 3 heterocycles. The highest BCUT2D eigenvalue weighted by Crippen LogP contribution is 2.33. The summed E-state index contributed by atoms with van der Waals surface area (Å²) < 4.78 is 34.4. The normalized spacial score (nSPS) is 26.2. The molecule has 0 saturated carbocycles. The summed E-state index contributed by atoms with van der Waals surface area (Å²) in [5.41, 5.74) is 0. The summed E-state index contributed by atoms with van der Waals surface area (Å²) in [4.78, 5) is 13.5. The van der Waals surface area contributed by atoms with Crippen LogP contribution in [-0.4, -0.2) is 193 Å². The van der Waals surface area contributed by atoms with Crippen LogP contribution in [0.15, 0.2) is 48.6 Å². The summed E-state index contributed by atoms with van der Waals surface area (Å²) in [6.07, 6.45) is 55.6. The van der Waals surface area contributed by atoms with Gasteiger partial charge in [-0.3, -0.25) is 4.79 Å². The van der Waals surface area contributed by atoms with Crippen LogP contribution in [0.1, 0.15) is 348 Å². The number of unbranched alkanes of at least 4 members (excludes halogenated alkanes) is 46. The monoisotopic (exact) mass is 1470 g/mol. The zero-order valence-electron chi connectivity index (χ0n) is 64.8. The van der Waals surface area contributed by atoms with Crippen molar-refractivity contribution in [2.24, 2.45) is 0 Å². The molecule has 19 heteroatoms. The van der Waals surface area contributed by atoms with E-state index in [1.807, 2.05) is 6.08 Å². The molecule has 0 radical (unpaired) electrons. The van der Waals surface area contributed by atoms with E-state index in [4.69, 9.17) is 28.4 Å². The van der Waals surface area contributed by atoms with Crippen LogP contribution in [0.2, 0.25) is 0 Å². The SMILES string of the molecule is CCCCCCC/C=C\C/C=C\CCCCCCCCCCCCCCCCCCCCCCCCCCCCCC(=O)NC(COC1OC(CO)C(OC2OC(CO)C(OC3OC(CO)C(O)C(O)C3O)C(O)C2O)C(O)C1O)C(O)/C=C/CC/C=C/CCCCCCCCCCCCCCC. The molecular weight excluding hydrogens is 1310 g/mol. The molecule has 103 heavy (non-hydrogen) atoms. The minimum atomic E-state index is -1.98. The maximum atomic E-state index is 13.5. The van der Waals surface area contributed by atoms with Crippen molar-refractivity contribution in [1.82, 2.24) is 5.32 Å². The molecule has 1 amide bonds. The van der Waals surface area contributed by atoms with Gasteiger partial charge in [0.1, 0.15) is 73.2 Å². The van der Waals surface area contributed by atoms with Gasteiger partial charge in [0, 0.05) is 6.42 Å². The molecule has 3 aliphatic heterocycles. The largest absolute Gasteiger partial charge is 0.394 e. The van der Waals surface area contributed by atoms with E-state index >= 15 is 0 Å². The van der Waals surface area contributed by atoms with Crippen molar-refractivity contribution < 1.29 is 89.4 Å². The van der Waals surface area contributed by atoms with Crippen molar-refractivity contribution in [2.75, 3.05) is 26.4 Å². The first-order valence-corrected chi connectivity index (χ1v) is 42.4. The fourth-order valence-electron chi connectivity index (χ4n) is 14.3. The minimum absolute atomic E-state index is 0.239. The summed E-state index contributed by atoms with van der Waals surface area (Å²) in [6, 6.07) is -0.990. The number of nitrogens with one attached hydrogen (secondary N) is 1. The van der Waals surface area contributed by atoms with Gasteiger partial charge in [-0.2, -0.15) is 0 Å². The first-order chi connectivity index (χ1) is 50.3. The number of aliphatic hydroxyl groups excluding tert-OH is 11. The van der Waals surface area contributed by atoms with Gasteiger partial charge in [-0.1, -0.05) is 326 Å². The molecule has 3 aliphatic rings. The summed E-state index contributed by atoms with van der Waals surface area (Å²) in [6.45, 7) is 1.75. The maximum Gasteiger partial charge on any atom is 0.220 e. The third-order valence-electron chi connectivity index (χ3n) is 21.1. The zero-order chi connectivity index (χ0) is 74.6. The van der Waals surface area contributed by atoms with E-state index in [0.29, 0.717) is 12.8 Å². The van der Waals surface area contributed by atoms with Gasteiger partial charge in [0.15, 0.2) is 18.9 Å². The van der Waals surface area contributed by atoms with Crippen molar-refractivity contribution in [2.45, 2.75) is 452 Å². The second kappa shape index (κ2) is 64.6. The van der Waals surface area contributed by atoms with Crippen LogP contribution in [0.5, 0.6) is 0 Å². The molecular formula is C84H155NO18. The highest BCUT2D eigenvalue weighted by molar-refractivity contribution is 5.76. The van der Waals surface area contributed by atoms with Crippen LogP contribution < -0.4 is 5.32 Å². The number of hydrogen-bond donors (Lipinski definition) is 12. The molecule has 12 N–H and O–H groups in total. The lowest BCUT2D eigenvalue weighted by Crippen LogP contribution is -2.66. The zero-order valence-corrected chi connectivity index (χ0v) is 64.8. The van der Waals surface area contributed by atoms with Crippen molar-refractivity contribution in [3.8, 4) is 0 Å². The number of aliphatic hydroxyl groups is 11. The number of carbonyl (C=O) groups excluding carboxylic acids is 1. The van der Waals surface area contributed by atoms with Gasteiger partial charge in [-0.25, -0.2) is 0 Å². The number of allylic oxidation sites excluding steroid dienone is 7. The van der Waals surface area contributed by atoms with Crippen LogP contribution in [0, 0.1) is 0 Å². The van der Waals surface area contributed by atoms with E-state index in [9.17, 15) is 61.0 Å². The number of carbonyl (C=O) groups is 1. The molecule has 0 bridgehead atoms. The Morgan fingerprint density at radius 3 is 1.03 bits per heavy atom. The predicted octanol–water partition coefficient (Wildman–Crippen LogP) is 14.8. The third kappa shape index (κ3) is 44.3. The second-order valence-corrected chi connectivity index (χ2v) is 30.3. The Morgan fingerprint density at radius 2 is 0.650 bits per heavy atom. The molecule has 0 spiro atoms. The Hall–Kier alpha value is -2.25. The fraction of sp³-hybridized carbons (Fsp3) is 0.893. The molecule has 0 aliphatic carbocycles. The van der Waals surface area contributed by atoms with Gasteiger partial charge in [0.2, 0.25) is 5.91 Å². The van der Waals surface area contributed by atoms with Crippen LogP contribution in [0.3, 0.4) is 0 Å². The van der Waals surface area contributed by atoms with Crippen molar-refractivity contribution in [3.05, 3.63) is 48.6 Å². The number of rotatable bonds is 68. The lowest BCUT2D eigenvalue weighted by atomic mass is 9.96. The molecule has 0 aromatic rings. The van der Waals surface area contributed by atoms with E-state index < -0.39 is 124 Å². The van der Waals surface area contributed by atoms with E-state index in [2.05, 4.69) is 55.6 Å². The van der Waals surface area contributed by atoms with E-state index in [1.165, 1.54) is 270 Å². The molecule has 3 saturated heterocycles. The van der Waals surface area contributed by atoms with E-state index in [-0.39, 0.29) is 18.9 Å². The van der Waals surface area contributed by atoms with Crippen molar-refractivity contribution in [3.63, 3.8) is 0 Å². The highest BCUT2D eigenvalue weighted by atomic mass is 16.8. The molecule has 19 nitrogen and oxygen atoms in total. The molecule has 17 atom stereocenters. The molecule has 0 aromatic carbocycles. The predicted molar refractivity (Wildman–Crippen MR) is 411 cm³/mol. The van der Waals surface area contributed by atoms with Crippen molar-refractivity contribution >= 4 is 5.91 Å². The lowest BCUT2D eigenvalue weighted by Gasteiger charge is -2.48. The third-order valence-corrected chi connectivity index (χ3v) is 21.1. The van der Waals surface area contributed by atoms with Gasteiger partial charge in [-0.15, -0.1) is 0 Å². The van der Waals surface area contributed by atoms with Gasteiger partial charge in [-0.05, 0) is 64.2 Å². The average molecular weight is 1470 g/mol. The highest BCUT2D eigenvalue weighted by Gasteiger charge is 2.54. The summed E-state index contributed by atoms with van der Waals surface area (Å²) in [5.74, 6) is -0.279. The Morgan fingerprint density at radius 1 is 0.350 bits per heavy atom. The second-order valence-electron chi connectivity index (χ2n) is 30.3. The number of amides is 1. The van der Waals surface area contributed by atoms with Crippen LogP contribution in [-0.2, 0) is 33.2 Å². The van der Waals surface area contributed by atoms with E-state index in [0.717, 1.165) is 44.9 Å². The smallest absolute Gasteiger partial charge is 0.220 e. The Labute approximate surface area is 624 Å². The van der Waals surface area contributed by atoms with Crippen LogP contribution in [0.25, 0.3) is 0 Å². The Bertz CT molecular complexity index is 2050. The maximum absolute atomic E-state index is 13.5. The van der Waals surface area contributed by atoms with Gasteiger partial charge in [0.05, 0.1) is 38.6 Å². The summed E-state index contributed by atoms with van der Waals surface area (Å²) in [7, 11) is 0. The molecule has 3 rings (SSSR count). The first kappa shape index (κ1) is 95.0. The standard InChI is InChI=1S/C84H155NO18/c1-3-5-7-9-11-13-15-17-19-21-23-24-25-26-27-28-29-30-31-32-33-34-35-36-37-38-39-40-41-42-44-46-48-50-52-54-56-58-60-62-72(90)85-67(68(89)61-59-57-55-53-51-49-47-45-43-22-20-18-16-14-12-10-8-6-4-2)66-98-82-78(96)75(93)80(70(64-87)100-82)103-84-79(97)76(94)81(71(65-88)101-84)102-83-77(95)74(92)73(91)69(63-86)99-83/h15,17,21,23,51,53,59,61,67-71,73-84,86-89,91-97H,3-14,16,18-20,22,24-50,52,54-58,60,62-66H2,1-2H3,(H,85,90)/b17-15-,23-21-,53-51+,61-59+. The quantitative estimate of drug-likeness (QED) is 0.0199.